The first-order valence-electron chi connectivity index (χ1n) is 7.75. The molecule has 24 heavy (non-hydrogen) atoms. The Labute approximate surface area is 144 Å². The number of H-pyrrole nitrogens is 1. The second kappa shape index (κ2) is 7.35. The Morgan fingerprint density at radius 3 is 3.08 bits per heavy atom. The topological polar surface area (TPSA) is 79.0 Å². The second-order valence-corrected chi connectivity index (χ2v) is 6.39. The van der Waals surface area contributed by atoms with Crippen molar-refractivity contribution < 1.29 is 9.53 Å². The third-order valence-electron chi connectivity index (χ3n) is 3.82. The number of fused-ring (bicyclic) bond motifs is 1. The number of methoxy groups -OCH3 is 1. The lowest BCUT2D eigenvalue weighted by molar-refractivity contribution is 0.238. The zero-order valence-electron chi connectivity index (χ0n) is 13.6. The first-order valence-corrected chi connectivity index (χ1v) is 8.63. The Kier molecular flexibility index (Phi) is 5.00. The highest BCUT2D eigenvalue weighted by Gasteiger charge is 2.11. The molecular weight excluding hydrogens is 324 g/mol. The van der Waals surface area contributed by atoms with E-state index in [4.69, 9.17) is 4.74 Å². The largest absolute Gasteiger partial charge is 0.497 e. The maximum atomic E-state index is 12.0. The molecular formula is C17H20N4O2S. The van der Waals surface area contributed by atoms with Gasteiger partial charge < -0.3 is 20.4 Å². The number of urea groups is 1. The van der Waals surface area contributed by atoms with E-state index in [0.717, 1.165) is 33.6 Å². The van der Waals surface area contributed by atoms with Crippen LogP contribution in [0, 0.1) is 0 Å². The normalized spacial score (nSPS) is 12.1. The fourth-order valence-electron chi connectivity index (χ4n) is 2.56. The number of nitrogens with zero attached hydrogens (tertiary/aromatic N) is 1. The predicted molar refractivity (Wildman–Crippen MR) is 95.6 cm³/mol. The third kappa shape index (κ3) is 3.68. The molecule has 3 N–H and O–H groups in total. The molecule has 2 heterocycles. The van der Waals surface area contributed by atoms with Crippen LogP contribution in [0.4, 0.5) is 4.79 Å². The van der Waals surface area contributed by atoms with Crippen molar-refractivity contribution in [3.63, 3.8) is 0 Å². The summed E-state index contributed by atoms with van der Waals surface area (Å²) in [4.78, 5) is 19.4. The van der Waals surface area contributed by atoms with Gasteiger partial charge >= 0.3 is 6.03 Å². The highest BCUT2D eigenvalue weighted by atomic mass is 32.1. The van der Waals surface area contributed by atoms with Crippen molar-refractivity contribution in [2.24, 2.45) is 0 Å². The number of thiazole rings is 1. The average Bonchev–Trinajstić information content (AvgIpc) is 3.24. The Balaban J connectivity index is 1.53. The van der Waals surface area contributed by atoms with Crippen molar-refractivity contribution in [2.75, 3.05) is 13.7 Å². The molecule has 126 valence electrons. The molecule has 0 bridgehead atoms. The van der Waals surface area contributed by atoms with Crippen LogP contribution in [0.25, 0.3) is 10.9 Å². The monoisotopic (exact) mass is 344 g/mol. The summed E-state index contributed by atoms with van der Waals surface area (Å²) in [5, 5.41) is 9.69. The van der Waals surface area contributed by atoms with Crippen molar-refractivity contribution in [3.05, 3.63) is 46.5 Å². The molecule has 2 aromatic heterocycles. The number of nitrogens with one attached hydrogen (secondary N) is 3. The quantitative estimate of drug-likeness (QED) is 0.642. The molecule has 7 heteroatoms. The summed E-state index contributed by atoms with van der Waals surface area (Å²) in [6.07, 6.45) is 4.45. The van der Waals surface area contributed by atoms with Crippen LogP contribution < -0.4 is 15.4 Å². The van der Waals surface area contributed by atoms with Crippen molar-refractivity contribution >= 4 is 28.3 Å². The zero-order chi connectivity index (χ0) is 16.9. The summed E-state index contributed by atoms with van der Waals surface area (Å²) in [5.41, 5.74) is 2.21. The number of amides is 2. The van der Waals surface area contributed by atoms with Gasteiger partial charge in [0.15, 0.2) is 0 Å². The Hall–Kier alpha value is -2.54. The molecule has 0 saturated heterocycles. The summed E-state index contributed by atoms with van der Waals surface area (Å²) in [5.74, 6) is 0.825. The number of hydrogen-bond acceptors (Lipinski definition) is 4. The van der Waals surface area contributed by atoms with Crippen LogP contribution in [-0.2, 0) is 6.42 Å². The van der Waals surface area contributed by atoms with Gasteiger partial charge in [-0.3, -0.25) is 0 Å². The molecule has 3 aromatic rings. The van der Waals surface area contributed by atoms with Gasteiger partial charge in [-0.2, -0.15) is 0 Å². The number of carbonyl (C=O) groups excluding carboxylic acids is 1. The van der Waals surface area contributed by atoms with E-state index in [1.165, 1.54) is 11.3 Å². The van der Waals surface area contributed by atoms with Crippen LogP contribution >= 0.6 is 11.3 Å². The van der Waals surface area contributed by atoms with E-state index in [2.05, 4.69) is 20.6 Å². The smallest absolute Gasteiger partial charge is 0.315 e. The summed E-state index contributed by atoms with van der Waals surface area (Å²) in [7, 11) is 1.66. The van der Waals surface area contributed by atoms with Crippen molar-refractivity contribution in [1.82, 2.24) is 20.6 Å². The molecule has 6 nitrogen and oxygen atoms in total. The number of ether oxygens (including phenoxy) is 1. The Morgan fingerprint density at radius 2 is 2.33 bits per heavy atom. The number of hydrogen-bond donors (Lipinski definition) is 3. The number of carbonyl (C=O) groups is 1. The maximum Gasteiger partial charge on any atom is 0.315 e. The minimum Gasteiger partial charge on any atom is -0.497 e. The van der Waals surface area contributed by atoms with Crippen LogP contribution in [0.2, 0.25) is 0 Å². The molecule has 1 aromatic carbocycles. The summed E-state index contributed by atoms with van der Waals surface area (Å²) in [6.45, 7) is 2.48. The third-order valence-corrected chi connectivity index (χ3v) is 4.78. The van der Waals surface area contributed by atoms with E-state index in [1.807, 2.05) is 36.7 Å². The summed E-state index contributed by atoms with van der Waals surface area (Å²) in [6, 6.07) is 5.64. The molecule has 0 fully saturated rings. The second-order valence-electron chi connectivity index (χ2n) is 5.47. The van der Waals surface area contributed by atoms with Gasteiger partial charge in [0.2, 0.25) is 0 Å². The van der Waals surface area contributed by atoms with Gasteiger partial charge in [0.05, 0.1) is 13.2 Å². The first kappa shape index (κ1) is 16.3. The average molecular weight is 344 g/mol. The van der Waals surface area contributed by atoms with Gasteiger partial charge in [0.1, 0.15) is 10.8 Å². The molecule has 0 saturated carbocycles. The number of benzene rings is 1. The molecule has 2 amide bonds. The van der Waals surface area contributed by atoms with Crippen LogP contribution in [-0.4, -0.2) is 29.7 Å². The van der Waals surface area contributed by atoms with Gasteiger partial charge in [-0.1, -0.05) is 0 Å². The van der Waals surface area contributed by atoms with Crippen LogP contribution in [0.15, 0.2) is 36.0 Å². The van der Waals surface area contributed by atoms with Crippen molar-refractivity contribution in [1.29, 1.82) is 0 Å². The fourth-order valence-corrected chi connectivity index (χ4v) is 3.21. The molecule has 0 aliphatic heterocycles. The van der Waals surface area contributed by atoms with Crippen molar-refractivity contribution in [3.8, 4) is 5.75 Å². The predicted octanol–water partition coefficient (Wildman–Crippen LogP) is 3.24. The minimum atomic E-state index is -0.185. The zero-order valence-corrected chi connectivity index (χ0v) is 14.4. The molecule has 0 spiro atoms. The van der Waals surface area contributed by atoms with Gasteiger partial charge in [0.25, 0.3) is 0 Å². The number of rotatable bonds is 6. The van der Waals surface area contributed by atoms with Gasteiger partial charge in [0, 0.05) is 35.2 Å². The van der Waals surface area contributed by atoms with E-state index >= 15 is 0 Å². The SMILES string of the molecule is COc1ccc2[nH]cc(CCNC(=O)NC(C)c3nccs3)c2c1. The Morgan fingerprint density at radius 1 is 1.46 bits per heavy atom. The van der Waals surface area contributed by atoms with Crippen LogP contribution in [0.5, 0.6) is 5.75 Å². The van der Waals surface area contributed by atoms with Crippen LogP contribution in [0.1, 0.15) is 23.5 Å². The molecule has 0 radical (unpaired) electrons. The van der Waals surface area contributed by atoms with E-state index in [0.29, 0.717) is 6.54 Å². The van der Waals surface area contributed by atoms with E-state index in [9.17, 15) is 4.79 Å². The lowest BCUT2D eigenvalue weighted by Gasteiger charge is -2.12. The lowest BCUT2D eigenvalue weighted by atomic mass is 10.1. The molecule has 3 rings (SSSR count). The highest BCUT2D eigenvalue weighted by molar-refractivity contribution is 7.09. The van der Waals surface area contributed by atoms with E-state index < -0.39 is 0 Å². The highest BCUT2D eigenvalue weighted by Crippen LogP contribution is 2.23. The fraction of sp³-hybridized carbons (Fsp3) is 0.294. The van der Waals surface area contributed by atoms with Gasteiger partial charge in [-0.05, 0) is 37.1 Å². The summed E-state index contributed by atoms with van der Waals surface area (Å²) >= 11 is 1.53. The van der Waals surface area contributed by atoms with Crippen molar-refractivity contribution in [2.45, 2.75) is 19.4 Å². The van der Waals surface area contributed by atoms with E-state index in [1.54, 1.807) is 13.3 Å². The molecule has 0 aliphatic carbocycles. The number of aromatic nitrogens is 2. The summed E-state index contributed by atoms with van der Waals surface area (Å²) < 4.78 is 5.27. The number of aromatic amines is 1. The van der Waals surface area contributed by atoms with E-state index in [-0.39, 0.29) is 12.1 Å². The first-order chi connectivity index (χ1) is 11.7. The minimum absolute atomic E-state index is 0.0950. The lowest BCUT2D eigenvalue weighted by Crippen LogP contribution is -2.38. The van der Waals surface area contributed by atoms with Gasteiger partial charge in [-0.15, -0.1) is 11.3 Å². The molecule has 1 atom stereocenters. The van der Waals surface area contributed by atoms with Crippen LogP contribution in [0.3, 0.4) is 0 Å². The maximum absolute atomic E-state index is 12.0. The standard InChI is InChI=1S/C17H20N4O2S/c1-11(16-18-7-8-24-16)21-17(22)19-6-5-12-10-20-15-4-3-13(23-2)9-14(12)15/h3-4,7-11,20H,5-6H2,1-2H3,(H2,19,21,22). The Bertz CT molecular complexity index is 813. The molecule has 0 aliphatic rings. The van der Waals surface area contributed by atoms with Gasteiger partial charge in [-0.25, -0.2) is 9.78 Å². The molecule has 1 unspecified atom stereocenters.